The van der Waals surface area contributed by atoms with E-state index in [4.69, 9.17) is 28.4 Å². The minimum absolute atomic E-state index is 0.0167. The number of likely N-dealkylation sites (tertiary alicyclic amines) is 1. The third-order valence-corrected chi connectivity index (χ3v) is 14.4. The average Bonchev–Trinajstić information content (AvgIpc) is 2.55. The number of ketones is 1. The Balaban J connectivity index is 1.41. The summed E-state index contributed by atoms with van der Waals surface area (Å²) in [6, 6.07) is 21.3. The quantitative estimate of drug-likeness (QED) is 0.0367. The van der Waals surface area contributed by atoms with E-state index in [0.717, 1.165) is 11.0 Å². The normalized spacial score (nSPS) is 14.0. The van der Waals surface area contributed by atoms with Gasteiger partial charge >= 0.3 is 11.9 Å². The number of phenolic OH excluding ortho intramolecular Hbond substituents is 1. The topological polar surface area (TPSA) is 266 Å². The van der Waals surface area contributed by atoms with Gasteiger partial charge in [0.2, 0.25) is 29.4 Å². The zero-order valence-corrected chi connectivity index (χ0v) is 49.3. The molecule has 6 amide bonds. The molecule has 1 aliphatic heterocycles. The van der Waals surface area contributed by atoms with Gasteiger partial charge in [0.1, 0.15) is 48.1 Å². The first-order chi connectivity index (χ1) is 40.0. The number of carbonyl (C=O) groups excluding carboxylic acids is 9. The zero-order valence-electron chi connectivity index (χ0n) is 49.3. The maximum atomic E-state index is 14.6. The summed E-state index contributed by atoms with van der Waals surface area (Å²) in [6.07, 6.45) is 1.43. The van der Waals surface area contributed by atoms with E-state index in [1.807, 2.05) is 0 Å². The maximum Gasteiger partial charge on any atom is 0.330 e. The molecular weight excluding hydrogens is 1080 g/mol. The van der Waals surface area contributed by atoms with E-state index < -0.39 is 96.7 Å². The van der Waals surface area contributed by atoms with E-state index in [2.05, 4.69) is 17.2 Å². The van der Waals surface area contributed by atoms with Gasteiger partial charge in [0, 0.05) is 58.7 Å². The van der Waals surface area contributed by atoms with Gasteiger partial charge in [0.15, 0.2) is 18.1 Å². The number of rotatable bonds is 30. The lowest BCUT2D eigenvalue weighted by Crippen LogP contribution is -2.56. The lowest BCUT2D eigenvalue weighted by Gasteiger charge is -2.36. The second-order valence-corrected chi connectivity index (χ2v) is 20.9. The number of hydrogen-bond acceptors (Lipinski definition) is 16. The van der Waals surface area contributed by atoms with Crippen LogP contribution in [0.5, 0.6) is 28.7 Å². The van der Waals surface area contributed by atoms with Gasteiger partial charge < -0.3 is 63.8 Å². The number of Topliss-reactive ketones (excluding diaryl/α,β-unsaturated/α-hetero) is 1. The van der Waals surface area contributed by atoms with E-state index >= 15 is 0 Å². The number of methoxy groups -OCH3 is 3. The van der Waals surface area contributed by atoms with Gasteiger partial charge in [-0.15, -0.1) is 0 Å². The Morgan fingerprint density at radius 2 is 1.49 bits per heavy atom. The number of phenols is 1. The number of nitrogens with zero attached hydrogens (tertiary/aromatic N) is 4. The van der Waals surface area contributed by atoms with Gasteiger partial charge in [-0.05, 0) is 106 Å². The van der Waals surface area contributed by atoms with Crippen molar-refractivity contribution in [2.45, 2.75) is 89.9 Å². The third kappa shape index (κ3) is 18.3. The predicted octanol–water partition coefficient (Wildman–Crippen LogP) is 4.57. The molecule has 4 aromatic rings. The molecule has 84 heavy (non-hydrogen) atoms. The van der Waals surface area contributed by atoms with Crippen molar-refractivity contribution < 1.29 is 76.7 Å². The summed E-state index contributed by atoms with van der Waals surface area (Å²) in [5.41, 5.74) is 0.852. The number of piperidine rings is 1. The van der Waals surface area contributed by atoms with Crippen molar-refractivity contribution in [1.82, 2.24) is 30.2 Å². The number of hydrogen-bond donors (Lipinski definition) is 3. The highest BCUT2D eigenvalue weighted by molar-refractivity contribution is 6.38. The van der Waals surface area contributed by atoms with Gasteiger partial charge in [-0.1, -0.05) is 61.2 Å². The smallest absolute Gasteiger partial charge is 0.330 e. The molecule has 22 nitrogen and oxygen atoms in total. The fourth-order valence-corrected chi connectivity index (χ4v) is 9.31. The highest BCUT2D eigenvalue weighted by Gasteiger charge is 2.43. The van der Waals surface area contributed by atoms with E-state index in [0.29, 0.717) is 58.9 Å². The van der Waals surface area contributed by atoms with Crippen LogP contribution in [0, 0.1) is 5.41 Å². The molecule has 3 N–H and O–H groups in total. The van der Waals surface area contributed by atoms with Crippen LogP contribution in [0.15, 0.2) is 104 Å². The zero-order chi connectivity index (χ0) is 61.7. The van der Waals surface area contributed by atoms with Gasteiger partial charge in [-0.2, -0.15) is 0 Å². The van der Waals surface area contributed by atoms with Crippen LogP contribution in [0.3, 0.4) is 0 Å². The van der Waals surface area contributed by atoms with Crippen LogP contribution < -0.4 is 29.6 Å². The second-order valence-electron chi connectivity index (χ2n) is 20.9. The number of aromatic hydroxyl groups is 1. The van der Waals surface area contributed by atoms with Crippen molar-refractivity contribution in [3.63, 3.8) is 0 Å². The minimum atomic E-state index is -1.43. The van der Waals surface area contributed by atoms with Gasteiger partial charge in [-0.3, -0.25) is 33.6 Å². The van der Waals surface area contributed by atoms with E-state index in [9.17, 15) is 48.3 Å². The number of likely N-dealkylation sites (N-methyl/N-ethyl adjacent to an activating group) is 3. The fourth-order valence-electron chi connectivity index (χ4n) is 9.31. The van der Waals surface area contributed by atoms with E-state index in [1.165, 1.54) is 76.1 Å². The molecule has 0 aliphatic carbocycles. The van der Waals surface area contributed by atoms with Crippen LogP contribution in [0.2, 0.25) is 0 Å². The Kier molecular flexibility index (Phi) is 24.7. The van der Waals surface area contributed by atoms with Crippen LogP contribution in [0.1, 0.15) is 74.8 Å². The Labute approximate surface area is 490 Å². The molecule has 0 aromatic heterocycles. The first-order valence-corrected chi connectivity index (χ1v) is 27.5. The molecule has 1 aliphatic rings. The van der Waals surface area contributed by atoms with Crippen LogP contribution >= 0.6 is 0 Å². The minimum Gasteiger partial charge on any atom is -0.508 e. The van der Waals surface area contributed by atoms with Crippen molar-refractivity contribution in [3.8, 4) is 28.7 Å². The molecule has 0 bridgehead atoms. The van der Waals surface area contributed by atoms with Crippen molar-refractivity contribution in [2.75, 3.05) is 81.9 Å². The standard InChI is InChI=1S/C62H78N6O16/c1-11-55(73)83-39-62(3,4)57(74)60(77)68-32-17-16-23-47(68)61(78)84-49(29-28-45-50(79-8)30-31-51(80-9)56(45)81-10)42-21-18-22-44(35-42)82-38-54(72)67(7)48(34-41-24-26-43(69)27-25-41)58(75)64-46(33-40-19-14-13-15-20-40)59(76)66(6)37-52(70)63-36-53(71)65(5)12-2/h11,13-15,18-22,24-27,30-31,35,46-49,69H,1,12,16-17,23,28-29,32-34,36-39H2,2-10H3,(H,63,70)(H,64,75)/t46-,47+,48+,49-/m1/s1. The first-order valence-electron chi connectivity index (χ1n) is 27.5. The van der Waals surface area contributed by atoms with Crippen molar-refractivity contribution in [1.29, 1.82) is 0 Å². The molecule has 1 fully saturated rings. The van der Waals surface area contributed by atoms with E-state index in [-0.39, 0.29) is 62.6 Å². The largest absolute Gasteiger partial charge is 0.508 e. The fraction of sp³-hybridized carbons (Fsp3) is 0.435. The maximum absolute atomic E-state index is 14.6. The summed E-state index contributed by atoms with van der Waals surface area (Å²) in [5, 5.41) is 15.5. The summed E-state index contributed by atoms with van der Waals surface area (Å²) in [7, 11) is 8.88. The Bertz CT molecular complexity index is 2970. The Hall–Kier alpha value is -8.95. The number of ether oxygens (including phenoxy) is 6. The summed E-state index contributed by atoms with van der Waals surface area (Å²) < 4.78 is 34.6. The summed E-state index contributed by atoms with van der Waals surface area (Å²) >= 11 is 0. The van der Waals surface area contributed by atoms with Gasteiger partial charge in [0.25, 0.3) is 11.8 Å². The molecule has 4 atom stereocenters. The molecule has 4 aromatic carbocycles. The number of amides is 6. The van der Waals surface area contributed by atoms with Crippen molar-refractivity contribution in [3.05, 3.63) is 126 Å². The summed E-state index contributed by atoms with van der Waals surface area (Å²) in [5.74, 6) is -4.79. The van der Waals surface area contributed by atoms with Gasteiger partial charge in [-0.25, -0.2) is 9.59 Å². The molecule has 1 heterocycles. The third-order valence-electron chi connectivity index (χ3n) is 14.4. The average molecular weight is 1160 g/mol. The lowest BCUT2D eigenvalue weighted by atomic mass is 9.87. The summed E-state index contributed by atoms with van der Waals surface area (Å²) in [4.78, 5) is 127. The number of esters is 2. The van der Waals surface area contributed by atoms with Crippen LogP contribution in [0.25, 0.3) is 0 Å². The monoisotopic (exact) mass is 1160 g/mol. The number of nitrogens with one attached hydrogen (secondary N) is 2. The van der Waals surface area contributed by atoms with E-state index in [1.54, 1.807) is 92.8 Å². The lowest BCUT2D eigenvalue weighted by molar-refractivity contribution is -0.165. The summed E-state index contributed by atoms with van der Waals surface area (Å²) in [6.45, 7) is 6.92. The molecule has 0 radical (unpaired) electrons. The highest BCUT2D eigenvalue weighted by Crippen LogP contribution is 2.40. The van der Waals surface area contributed by atoms with Crippen LogP contribution in [0.4, 0.5) is 0 Å². The number of carbonyl (C=O) groups is 9. The molecule has 0 unspecified atom stereocenters. The van der Waals surface area contributed by atoms with Crippen LogP contribution in [-0.4, -0.2) is 178 Å². The first kappa shape index (κ1) is 65.9. The molecule has 452 valence electrons. The highest BCUT2D eigenvalue weighted by atomic mass is 16.5. The molecular formula is C62H78N6O16. The Morgan fingerprint density at radius 1 is 0.810 bits per heavy atom. The van der Waals surface area contributed by atoms with Crippen molar-refractivity contribution in [2.24, 2.45) is 5.41 Å². The second kappa shape index (κ2) is 31.5. The predicted molar refractivity (Wildman–Crippen MR) is 309 cm³/mol. The molecule has 0 spiro atoms. The van der Waals surface area contributed by atoms with Crippen molar-refractivity contribution >= 4 is 53.2 Å². The molecule has 0 saturated carbocycles. The SMILES string of the molecule is C=CC(=O)OCC(C)(C)C(=O)C(=O)N1CCCC[C@H]1C(=O)O[C@H](CCc1c(OC)ccc(OC)c1OC)c1cccc(OCC(=O)N(C)[C@@H](Cc2ccc(O)cc2)C(=O)N[C@H](Cc2ccccc2)C(=O)N(C)CC(=O)NCC(=O)N(C)CC)c1. The van der Waals surface area contributed by atoms with Gasteiger partial charge in [0.05, 0.1) is 39.8 Å². The molecule has 1 saturated heterocycles. The number of benzene rings is 4. The van der Waals surface area contributed by atoms with Crippen LogP contribution in [-0.2, 0) is 71.9 Å². The molecule has 22 heteroatoms. The Morgan fingerprint density at radius 3 is 2.14 bits per heavy atom. The molecule has 5 rings (SSSR count).